The van der Waals surface area contributed by atoms with E-state index >= 15 is 0 Å². The summed E-state index contributed by atoms with van der Waals surface area (Å²) in [6, 6.07) is 4.61. The van der Waals surface area contributed by atoms with Crippen molar-refractivity contribution in [2.75, 3.05) is 31.1 Å². The van der Waals surface area contributed by atoms with Crippen molar-refractivity contribution in [3.8, 4) is 0 Å². The topological polar surface area (TPSA) is 61.8 Å². The lowest BCUT2D eigenvalue weighted by molar-refractivity contribution is 0.0529. The van der Waals surface area contributed by atoms with Gasteiger partial charge in [0.25, 0.3) is 0 Å². The summed E-state index contributed by atoms with van der Waals surface area (Å²) in [5, 5.41) is 6.91. The molecule has 1 saturated heterocycles. The van der Waals surface area contributed by atoms with Crippen LogP contribution in [0.15, 0.2) is 23.3 Å². The van der Waals surface area contributed by atoms with Gasteiger partial charge in [-0.15, -0.1) is 24.0 Å². The third-order valence-corrected chi connectivity index (χ3v) is 4.94. The largest absolute Gasteiger partial charge is 0.375 e. The maximum absolute atomic E-state index is 5.64. The molecule has 1 aromatic heterocycles. The summed E-state index contributed by atoms with van der Waals surface area (Å²) in [6.07, 6.45) is 5.82. The molecule has 2 unspecified atom stereocenters. The number of guanidine groups is 1. The monoisotopic (exact) mass is 517 g/mol. The van der Waals surface area contributed by atoms with Gasteiger partial charge in [0.05, 0.1) is 19.3 Å². The zero-order valence-electron chi connectivity index (χ0n) is 18.8. The lowest BCUT2D eigenvalue weighted by Crippen LogP contribution is -2.42. The van der Waals surface area contributed by atoms with Crippen LogP contribution in [0.5, 0.6) is 0 Å². The first-order chi connectivity index (χ1) is 13.5. The molecule has 0 bridgehead atoms. The van der Waals surface area contributed by atoms with E-state index < -0.39 is 0 Å². The Kier molecular flexibility index (Phi) is 12.5. The van der Waals surface area contributed by atoms with Crippen LogP contribution in [-0.4, -0.2) is 49.3 Å². The van der Waals surface area contributed by atoms with E-state index in [0.29, 0.717) is 12.6 Å². The summed E-state index contributed by atoms with van der Waals surface area (Å²) >= 11 is 0. The fraction of sp³-hybridized carbons (Fsp3) is 0.727. The van der Waals surface area contributed by atoms with E-state index in [1.54, 1.807) is 0 Å². The van der Waals surface area contributed by atoms with Crippen LogP contribution >= 0.6 is 24.0 Å². The second kappa shape index (κ2) is 14.0. The molecule has 2 rings (SSSR count). The number of aromatic nitrogens is 1. The minimum absolute atomic E-state index is 0. The van der Waals surface area contributed by atoms with Gasteiger partial charge in [-0.1, -0.05) is 26.7 Å². The Bertz CT molecular complexity index is 611. The van der Waals surface area contributed by atoms with Gasteiger partial charge >= 0.3 is 0 Å². The Morgan fingerprint density at radius 3 is 2.83 bits per heavy atom. The number of halogens is 1. The number of hydrogen-bond acceptors (Lipinski definition) is 4. The minimum Gasteiger partial charge on any atom is -0.375 e. The van der Waals surface area contributed by atoms with Gasteiger partial charge in [-0.2, -0.15) is 0 Å². The third kappa shape index (κ3) is 9.98. The minimum atomic E-state index is 0. The van der Waals surface area contributed by atoms with Crippen molar-refractivity contribution in [1.29, 1.82) is 0 Å². The Labute approximate surface area is 194 Å². The van der Waals surface area contributed by atoms with Crippen molar-refractivity contribution in [3.05, 3.63) is 23.9 Å². The standard InChI is InChI=1S/C22H39N5O.HI/c1-6-23-22(26-18(4)9-7-8-17(2)3)25-15-20-10-11-24-21(14-20)27-12-13-28-19(5)16-27;/h10-11,14,17-19H,6-9,12-13,15-16H2,1-5H3,(H2,23,25,26);1H. The second-order valence-electron chi connectivity index (χ2n) is 8.22. The molecule has 0 saturated carbocycles. The number of rotatable bonds is 9. The average Bonchev–Trinajstić information content (AvgIpc) is 2.66. The zero-order chi connectivity index (χ0) is 20.4. The molecule has 0 amide bonds. The molecule has 0 aromatic carbocycles. The van der Waals surface area contributed by atoms with Crippen LogP contribution in [0.3, 0.4) is 0 Å². The smallest absolute Gasteiger partial charge is 0.191 e. The normalized spacial score (nSPS) is 18.3. The Balaban J connectivity index is 0.00000420. The van der Waals surface area contributed by atoms with Crippen LogP contribution in [0.4, 0.5) is 5.82 Å². The van der Waals surface area contributed by atoms with Crippen molar-refractivity contribution in [2.24, 2.45) is 10.9 Å². The maximum atomic E-state index is 5.64. The van der Waals surface area contributed by atoms with Crippen LogP contribution in [-0.2, 0) is 11.3 Å². The summed E-state index contributed by atoms with van der Waals surface area (Å²) in [5.74, 6) is 2.67. The molecule has 7 heteroatoms. The van der Waals surface area contributed by atoms with E-state index in [-0.39, 0.29) is 30.1 Å². The molecule has 1 aliphatic heterocycles. The molecule has 29 heavy (non-hydrogen) atoms. The predicted octanol–water partition coefficient (Wildman–Crippen LogP) is 4.19. The van der Waals surface area contributed by atoms with E-state index in [4.69, 9.17) is 9.73 Å². The van der Waals surface area contributed by atoms with E-state index in [9.17, 15) is 0 Å². The van der Waals surface area contributed by atoms with E-state index in [2.05, 4.69) is 61.2 Å². The van der Waals surface area contributed by atoms with Crippen LogP contribution in [0.1, 0.15) is 59.4 Å². The molecule has 1 aromatic rings. The van der Waals surface area contributed by atoms with Crippen molar-refractivity contribution in [1.82, 2.24) is 15.6 Å². The van der Waals surface area contributed by atoms with E-state index in [0.717, 1.165) is 50.4 Å². The molecular formula is C22H40IN5O. The number of pyridine rings is 1. The molecule has 6 nitrogen and oxygen atoms in total. The third-order valence-electron chi connectivity index (χ3n) is 4.94. The van der Waals surface area contributed by atoms with Crippen LogP contribution in [0.25, 0.3) is 0 Å². The summed E-state index contributed by atoms with van der Waals surface area (Å²) in [6.45, 7) is 15.0. The highest BCUT2D eigenvalue weighted by atomic mass is 127. The SMILES string of the molecule is CCNC(=NCc1ccnc(N2CCOC(C)C2)c1)NC(C)CCCC(C)C.I. The van der Waals surface area contributed by atoms with Crippen molar-refractivity contribution >= 4 is 35.8 Å². The summed E-state index contributed by atoms with van der Waals surface area (Å²) < 4.78 is 5.64. The van der Waals surface area contributed by atoms with Gasteiger partial charge in [0.1, 0.15) is 5.82 Å². The summed E-state index contributed by atoms with van der Waals surface area (Å²) in [4.78, 5) is 11.6. The maximum Gasteiger partial charge on any atom is 0.191 e. The summed E-state index contributed by atoms with van der Waals surface area (Å²) in [5.41, 5.74) is 1.17. The van der Waals surface area contributed by atoms with Crippen LogP contribution < -0.4 is 15.5 Å². The Hall–Kier alpha value is -1.09. The van der Waals surface area contributed by atoms with Crippen LogP contribution in [0.2, 0.25) is 0 Å². The van der Waals surface area contributed by atoms with Crippen molar-refractivity contribution in [2.45, 2.75) is 72.6 Å². The molecule has 1 fully saturated rings. The first-order valence-electron chi connectivity index (χ1n) is 10.8. The van der Waals surface area contributed by atoms with Gasteiger partial charge in [-0.05, 0) is 50.8 Å². The predicted molar refractivity (Wildman–Crippen MR) is 133 cm³/mol. The molecule has 166 valence electrons. The first-order valence-corrected chi connectivity index (χ1v) is 10.8. The molecule has 2 atom stereocenters. The zero-order valence-corrected chi connectivity index (χ0v) is 21.1. The van der Waals surface area contributed by atoms with Crippen molar-refractivity contribution < 1.29 is 4.74 Å². The number of ether oxygens (including phenoxy) is 1. The molecule has 0 radical (unpaired) electrons. The molecule has 1 aliphatic rings. The first kappa shape index (κ1) is 25.9. The van der Waals surface area contributed by atoms with Gasteiger partial charge in [0.2, 0.25) is 0 Å². The fourth-order valence-corrected chi connectivity index (χ4v) is 3.39. The number of nitrogens with zero attached hydrogens (tertiary/aromatic N) is 3. The van der Waals surface area contributed by atoms with E-state index in [1.165, 1.54) is 18.4 Å². The highest BCUT2D eigenvalue weighted by molar-refractivity contribution is 14.0. The number of aliphatic imine (C=N–C) groups is 1. The Morgan fingerprint density at radius 2 is 2.14 bits per heavy atom. The lowest BCUT2D eigenvalue weighted by Gasteiger charge is -2.32. The molecule has 2 heterocycles. The highest BCUT2D eigenvalue weighted by Gasteiger charge is 2.18. The lowest BCUT2D eigenvalue weighted by atomic mass is 10.0. The van der Waals surface area contributed by atoms with E-state index in [1.807, 2.05) is 12.3 Å². The quantitative estimate of drug-likeness (QED) is 0.292. The van der Waals surface area contributed by atoms with Gasteiger partial charge in [-0.3, -0.25) is 0 Å². The van der Waals surface area contributed by atoms with Gasteiger partial charge in [-0.25, -0.2) is 9.98 Å². The molecule has 0 spiro atoms. The number of anilines is 1. The number of hydrogen-bond donors (Lipinski definition) is 2. The van der Waals surface area contributed by atoms with Gasteiger partial charge in [0, 0.05) is 31.9 Å². The van der Waals surface area contributed by atoms with Crippen LogP contribution in [0, 0.1) is 5.92 Å². The fourth-order valence-electron chi connectivity index (χ4n) is 3.39. The number of morpholine rings is 1. The van der Waals surface area contributed by atoms with Crippen molar-refractivity contribution in [3.63, 3.8) is 0 Å². The van der Waals surface area contributed by atoms with Gasteiger partial charge < -0.3 is 20.3 Å². The summed E-state index contributed by atoms with van der Waals surface area (Å²) in [7, 11) is 0. The highest BCUT2D eigenvalue weighted by Crippen LogP contribution is 2.17. The van der Waals surface area contributed by atoms with Gasteiger partial charge in [0.15, 0.2) is 5.96 Å². The molecular weight excluding hydrogens is 477 g/mol. The molecule has 2 N–H and O–H groups in total. The second-order valence-corrected chi connectivity index (χ2v) is 8.22. The number of nitrogens with one attached hydrogen (secondary N) is 2. The average molecular weight is 518 g/mol. The molecule has 0 aliphatic carbocycles. The Morgan fingerprint density at radius 1 is 1.34 bits per heavy atom.